The summed E-state index contributed by atoms with van der Waals surface area (Å²) in [5, 5.41) is 3.46. The maximum Gasteiger partial charge on any atom is 0.142 e. The van der Waals surface area contributed by atoms with Crippen molar-refractivity contribution < 1.29 is 9.13 Å². The summed E-state index contributed by atoms with van der Waals surface area (Å²) in [5.74, 6) is -0.342. The highest BCUT2D eigenvalue weighted by Gasteiger charge is 2.33. The van der Waals surface area contributed by atoms with Gasteiger partial charge in [0.25, 0.3) is 0 Å². The number of benzene rings is 1. The van der Waals surface area contributed by atoms with Gasteiger partial charge in [-0.15, -0.1) is 0 Å². The predicted molar refractivity (Wildman–Crippen MR) is 71.5 cm³/mol. The van der Waals surface area contributed by atoms with Crippen LogP contribution in [-0.2, 0) is 11.2 Å². The number of hydrogen-bond donors (Lipinski definition) is 1. The third kappa shape index (κ3) is 3.02. The standard InChI is InChI=1S/C14H19ClFNO/c1-17-9-14(6-3-7-18-10-14)8-11-4-2-5-12(16)13(11)15/h2,4-5,17H,3,6-10H2,1H3. The van der Waals surface area contributed by atoms with Gasteiger partial charge in [-0.25, -0.2) is 4.39 Å². The summed E-state index contributed by atoms with van der Waals surface area (Å²) in [7, 11) is 1.93. The molecule has 1 aliphatic rings. The molecule has 0 aromatic heterocycles. The Morgan fingerprint density at radius 3 is 3.00 bits per heavy atom. The molecule has 18 heavy (non-hydrogen) atoms. The highest BCUT2D eigenvalue weighted by molar-refractivity contribution is 6.31. The SMILES string of the molecule is CNCC1(Cc2cccc(F)c2Cl)CCCOC1. The lowest BCUT2D eigenvalue weighted by molar-refractivity contribution is -0.00625. The van der Waals surface area contributed by atoms with Crippen molar-refractivity contribution in [3.05, 3.63) is 34.6 Å². The third-order valence-electron chi connectivity index (χ3n) is 3.55. The summed E-state index contributed by atoms with van der Waals surface area (Å²) in [6.07, 6.45) is 2.89. The molecule has 0 radical (unpaired) electrons. The fraction of sp³-hybridized carbons (Fsp3) is 0.571. The van der Waals surface area contributed by atoms with Gasteiger partial charge in [0.05, 0.1) is 11.6 Å². The molecule has 1 saturated heterocycles. The number of halogens is 2. The van der Waals surface area contributed by atoms with Gasteiger partial charge in [-0.1, -0.05) is 23.7 Å². The van der Waals surface area contributed by atoms with Gasteiger partial charge in [0, 0.05) is 18.6 Å². The first-order valence-electron chi connectivity index (χ1n) is 6.32. The van der Waals surface area contributed by atoms with Crippen molar-refractivity contribution in [3.8, 4) is 0 Å². The Bertz CT molecular complexity index is 399. The summed E-state index contributed by atoms with van der Waals surface area (Å²) in [4.78, 5) is 0. The molecule has 2 nitrogen and oxygen atoms in total. The first kappa shape index (κ1) is 13.8. The van der Waals surface area contributed by atoms with Crippen LogP contribution >= 0.6 is 11.6 Å². The molecule has 1 atom stereocenters. The maximum absolute atomic E-state index is 13.5. The molecule has 0 amide bonds. The van der Waals surface area contributed by atoms with Crippen LogP contribution in [0.1, 0.15) is 18.4 Å². The van der Waals surface area contributed by atoms with Crippen molar-refractivity contribution in [2.45, 2.75) is 19.3 Å². The van der Waals surface area contributed by atoms with Crippen molar-refractivity contribution in [1.29, 1.82) is 0 Å². The van der Waals surface area contributed by atoms with E-state index in [9.17, 15) is 4.39 Å². The van der Waals surface area contributed by atoms with Gasteiger partial charge in [0.2, 0.25) is 0 Å². The molecule has 0 saturated carbocycles. The molecule has 0 bridgehead atoms. The van der Waals surface area contributed by atoms with Crippen molar-refractivity contribution in [3.63, 3.8) is 0 Å². The van der Waals surface area contributed by atoms with Gasteiger partial charge < -0.3 is 10.1 Å². The van der Waals surface area contributed by atoms with Gasteiger partial charge in [-0.3, -0.25) is 0 Å². The zero-order chi connectivity index (χ0) is 13.0. The maximum atomic E-state index is 13.5. The Kier molecular flexibility index (Phi) is 4.60. The van der Waals surface area contributed by atoms with E-state index in [-0.39, 0.29) is 16.3 Å². The Hall–Kier alpha value is -0.640. The first-order valence-corrected chi connectivity index (χ1v) is 6.70. The van der Waals surface area contributed by atoms with Crippen LogP contribution in [-0.4, -0.2) is 26.8 Å². The topological polar surface area (TPSA) is 21.3 Å². The molecule has 0 spiro atoms. The Morgan fingerprint density at radius 1 is 1.50 bits per heavy atom. The molecule has 1 aromatic carbocycles. The minimum absolute atomic E-state index is 0.0322. The normalized spacial score (nSPS) is 24.2. The monoisotopic (exact) mass is 271 g/mol. The summed E-state index contributed by atoms with van der Waals surface area (Å²) in [6, 6.07) is 5.01. The minimum atomic E-state index is -0.342. The van der Waals surface area contributed by atoms with E-state index >= 15 is 0 Å². The minimum Gasteiger partial charge on any atom is -0.381 e. The van der Waals surface area contributed by atoms with E-state index in [1.54, 1.807) is 6.07 Å². The summed E-state index contributed by atoms with van der Waals surface area (Å²) in [5.41, 5.74) is 0.905. The van der Waals surface area contributed by atoms with Crippen LogP contribution < -0.4 is 5.32 Å². The average molecular weight is 272 g/mol. The van der Waals surface area contributed by atoms with E-state index in [1.165, 1.54) is 6.07 Å². The molecule has 1 unspecified atom stereocenters. The van der Waals surface area contributed by atoms with E-state index in [2.05, 4.69) is 5.32 Å². The van der Waals surface area contributed by atoms with Crippen molar-refractivity contribution in [1.82, 2.24) is 5.32 Å². The zero-order valence-corrected chi connectivity index (χ0v) is 11.4. The van der Waals surface area contributed by atoms with Crippen LogP contribution in [0.4, 0.5) is 4.39 Å². The van der Waals surface area contributed by atoms with Gasteiger partial charge in [-0.2, -0.15) is 0 Å². The summed E-state index contributed by atoms with van der Waals surface area (Å²) < 4.78 is 19.1. The lowest BCUT2D eigenvalue weighted by atomic mass is 9.77. The van der Waals surface area contributed by atoms with Crippen molar-refractivity contribution >= 4 is 11.6 Å². The van der Waals surface area contributed by atoms with Gasteiger partial charge in [0.1, 0.15) is 5.82 Å². The van der Waals surface area contributed by atoms with E-state index in [0.29, 0.717) is 6.61 Å². The van der Waals surface area contributed by atoms with E-state index in [4.69, 9.17) is 16.3 Å². The number of rotatable bonds is 4. The number of nitrogens with one attached hydrogen (secondary N) is 1. The quantitative estimate of drug-likeness (QED) is 0.909. The molecule has 1 heterocycles. The van der Waals surface area contributed by atoms with Crippen LogP contribution in [0.5, 0.6) is 0 Å². The highest BCUT2D eigenvalue weighted by Crippen LogP contribution is 2.34. The van der Waals surface area contributed by atoms with Crippen LogP contribution in [0, 0.1) is 11.2 Å². The fourth-order valence-corrected chi connectivity index (χ4v) is 2.91. The van der Waals surface area contributed by atoms with Gasteiger partial charge >= 0.3 is 0 Å². The van der Waals surface area contributed by atoms with Crippen molar-refractivity contribution in [2.24, 2.45) is 5.41 Å². The third-order valence-corrected chi connectivity index (χ3v) is 3.98. The average Bonchev–Trinajstić information content (AvgIpc) is 2.36. The Balaban J connectivity index is 2.20. The Morgan fingerprint density at radius 2 is 2.33 bits per heavy atom. The predicted octanol–water partition coefficient (Wildman–Crippen LogP) is 3.04. The summed E-state index contributed by atoms with van der Waals surface area (Å²) in [6.45, 7) is 2.39. The molecular weight excluding hydrogens is 253 g/mol. The van der Waals surface area contributed by atoms with Crippen LogP contribution in [0.3, 0.4) is 0 Å². The molecule has 100 valence electrons. The van der Waals surface area contributed by atoms with Crippen LogP contribution in [0.15, 0.2) is 18.2 Å². The van der Waals surface area contributed by atoms with Crippen LogP contribution in [0.25, 0.3) is 0 Å². The lowest BCUT2D eigenvalue weighted by Gasteiger charge is -2.37. The second kappa shape index (κ2) is 6.00. The molecule has 0 aliphatic carbocycles. The number of hydrogen-bond acceptors (Lipinski definition) is 2. The lowest BCUT2D eigenvalue weighted by Crippen LogP contribution is -2.41. The second-order valence-corrected chi connectivity index (χ2v) is 5.45. The van der Waals surface area contributed by atoms with Crippen molar-refractivity contribution in [2.75, 3.05) is 26.8 Å². The van der Waals surface area contributed by atoms with E-state index in [0.717, 1.165) is 38.0 Å². The second-order valence-electron chi connectivity index (χ2n) is 5.08. The van der Waals surface area contributed by atoms with Gasteiger partial charge in [0.15, 0.2) is 0 Å². The molecular formula is C14H19ClFNO. The molecule has 4 heteroatoms. The molecule has 1 N–H and O–H groups in total. The molecule has 2 rings (SSSR count). The fourth-order valence-electron chi connectivity index (χ4n) is 2.72. The number of ether oxygens (including phenoxy) is 1. The zero-order valence-electron chi connectivity index (χ0n) is 10.6. The smallest absolute Gasteiger partial charge is 0.142 e. The molecule has 1 aromatic rings. The van der Waals surface area contributed by atoms with E-state index < -0.39 is 0 Å². The Labute approximate surface area is 112 Å². The molecule has 1 fully saturated rings. The summed E-state index contributed by atoms with van der Waals surface area (Å²) >= 11 is 6.04. The van der Waals surface area contributed by atoms with Crippen LogP contribution in [0.2, 0.25) is 5.02 Å². The molecule has 1 aliphatic heterocycles. The van der Waals surface area contributed by atoms with Gasteiger partial charge in [-0.05, 0) is 37.9 Å². The highest BCUT2D eigenvalue weighted by atomic mass is 35.5. The van der Waals surface area contributed by atoms with E-state index in [1.807, 2.05) is 13.1 Å². The first-order chi connectivity index (χ1) is 8.67. The largest absolute Gasteiger partial charge is 0.381 e.